The van der Waals surface area contributed by atoms with Gasteiger partial charge < -0.3 is 10.2 Å². The predicted octanol–water partition coefficient (Wildman–Crippen LogP) is 1.87. The first-order valence-corrected chi connectivity index (χ1v) is 6.33. The molecular weight excluding hydrogens is 220 g/mol. The summed E-state index contributed by atoms with van der Waals surface area (Å²) in [7, 11) is 3.97. The SMILES string of the molecule is CNc1nc(C2CCCN(C)C2)c(C#N)s1. The van der Waals surface area contributed by atoms with Crippen LogP contribution in [0.4, 0.5) is 5.13 Å². The van der Waals surface area contributed by atoms with Gasteiger partial charge in [0.05, 0.1) is 5.69 Å². The maximum Gasteiger partial charge on any atom is 0.183 e. The number of hydrogen-bond acceptors (Lipinski definition) is 5. The van der Waals surface area contributed by atoms with Crippen LogP contribution in [0.2, 0.25) is 0 Å². The van der Waals surface area contributed by atoms with Gasteiger partial charge in [0.25, 0.3) is 0 Å². The number of thiazole rings is 1. The fourth-order valence-corrected chi connectivity index (χ4v) is 2.99. The number of nitrogens with zero attached hydrogens (tertiary/aromatic N) is 3. The summed E-state index contributed by atoms with van der Waals surface area (Å²) >= 11 is 1.45. The standard InChI is InChI=1S/C11H16N4S/c1-13-11-14-10(9(6-12)16-11)8-4-3-5-15(2)7-8/h8H,3-5,7H2,1-2H3,(H,13,14). The Hall–Kier alpha value is -1.12. The molecule has 0 aliphatic carbocycles. The second-order valence-corrected chi connectivity index (χ2v) is 5.20. The summed E-state index contributed by atoms with van der Waals surface area (Å²) in [5.41, 5.74) is 0.989. The largest absolute Gasteiger partial charge is 0.365 e. The van der Waals surface area contributed by atoms with Crippen molar-refractivity contribution < 1.29 is 0 Å². The van der Waals surface area contributed by atoms with Gasteiger partial charge in [-0.3, -0.25) is 0 Å². The molecule has 1 aliphatic rings. The molecule has 1 N–H and O–H groups in total. The van der Waals surface area contributed by atoms with E-state index < -0.39 is 0 Å². The summed E-state index contributed by atoms with van der Waals surface area (Å²) in [5.74, 6) is 0.423. The second kappa shape index (κ2) is 4.81. The van der Waals surface area contributed by atoms with E-state index in [0.29, 0.717) is 5.92 Å². The molecule has 86 valence electrons. The predicted molar refractivity (Wildman–Crippen MR) is 65.8 cm³/mol. The van der Waals surface area contributed by atoms with Crippen LogP contribution in [0.3, 0.4) is 0 Å². The van der Waals surface area contributed by atoms with Crippen molar-refractivity contribution in [2.75, 3.05) is 32.5 Å². The number of nitriles is 1. The van der Waals surface area contributed by atoms with Crippen molar-refractivity contribution in [3.63, 3.8) is 0 Å². The summed E-state index contributed by atoms with van der Waals surface area (Å²) < 4.78 is 0. The Morgan fingerprint density at radius 3 is 3.06 bits per heavy atom. The van der Waals surface area contributed by atoms with Crippen molar-refractivity contribution in [2.45, 2.75) is 18.8 Å². The number of hydrogen-bond donors (Lipinski definition) is 1. The van der Waals surface area contributed by atoms with Gasteiger partial charge in [0.2, 0.25) is 0 Å². The molecule has 0 bridgehead atoms. The van der Waals surface area contributed by atoms with E-state index >= 15 is 0 Å². The van der Waals surface area contributed by atoms with E-state index in [4.69, 9.17) is 5.26 Å². The summed E-state index contributed by atoms with van der Waals surface area (Å²) in [5, 5.41) is 13.0. The third-order valence-corrected chi connectivity index (χ3v) is 3.97. The highest BCUT2D eigenvalue weighted by Gasteiger charge is 2.24. The Morgan fingerprint density at radius 1 is 1.62 bits per heavy atom. The second-order valence-electron chi connectivity index (χ2n) is 4.20. The Morgan fingerprint density at radius 2 is 2.44 bits per heavy atom. The van der Waals surface area contributed by atoms with Gasteiger partial charge >= 0.3 is 0 Å². The number of aromatic nitrogens is 1. The summed E-state index contributed by atoms with van der Waals surface area (Å²) in [4.78, 5) is 7.60. The summed E-state index contributed by atoms with van der Waals surface area (Å²) in [6.45, 7) is 2.17. The first-order chi connectivity index (χ1) is 7.74. The first-order valence-electron chi connectivity index (χ1n) is 5.51. The molecule has 1 atom stereocenters. The zero-order valence-corrected chi connectivity index (χ0v) is 10.5. The molecule has 1 aromatic heterocycles. The minimum Gasteiger partial charge on any atom is -0.365 e. The van der Waals surface area contributed by atoms with Crippen LogP contribution in [0.15, 0.2) is 0 Å². The Bertz CT molecular complexity index is 407. The van der Waals surface area contributed by atoms with Crippen LogP contribution in [0, 0.1) is 11.3 Å². The molecule has 0 spiro atoms. The highest BCUT2D eigenvalue weighted by Crippen LogP contribution is 2.32. The molecule has 0 amide bonds. The average molecular weight is 236 g/mol. The van der Waals surface area contributed by atoms with Crippen molar-refractivity contribution in [2.24, 2.45) is 0 Å². The zero-order chi connectivity index (χ0) is 11.5. The average Bonchev–Trinajstić information content (AvgIpc) is 2.72. The van der Waals surface area contributed by atoms with Gasteiger partial charge in [-0.1, -0.05) is 11.3 Å². The molecule has 1 saturated heterocycles. The van der Waals surface area contributed by atoms with Crippen molar-refractivity contribution in [3.05, 3.63) is 10.6 Å². The van der Waals surface area contributed by atoms with E-state index in [1.54, 1.807) is 0 Å². The molecule has 2 rings (SSSR count). The fraction of sp³-hybridized carbons (Fsp3) is 0.636. The maximum atomic E-state index is 9.10. The van der Waals surface area contributed by atoms with E-state index in [0.717, 1.165) is 35.2 Å². The lowest BCUT2D eigenvalue weighted by Crippen LogP contribution is -2.31. The van der Waals surface area contributed by atoms with Crippen LogP contribution >= 0.6 is 11.3 Å². The summed E-state index contributed by atoms with van der Waals surface area (Å²) in [6, 6.07) is 2.26. The third kappa shape index (κ3) is 2.18. The lowest BCUT2D eigenvalue weighted by atomic mass is 9.94. The van der Waals surface area contributed by atoms with Gasteiger partial charge in [0.15, 0.2) is 5.13 Å². The molecule has 1 unspecified atom stereocenters. The van der Waals surface area contributed by atoms with Crippen LogP contribution in [-0.4, -0.2) is 37.1 Å². The van der Waals surface area contributed by atoms with Crippen molar-refractivity contribution in [1.82, 2.24) is 9.88 Å². The quantitative estimate of drug-likeness (QED) is 0.851. The topological polar surface area (TPSA) is 52.0 Å². The molecule has 1 fully saturated rings. The normalized spacial score (nSPS) is 21.7. The number of rotatable bonds is 2. The molecular formula is C11H16N4S. The van der Waals surface area contributed by atoms with E-state index in [1.807, 2.05) is 7.05 Å². The molecule has 1 aromatic rings. The maximum absolute atomic E-state index is 9.10. The van der Waals surface area contributed by atoms with Crippen LogP contribution in [0.25, 0.3) is 0 Å². The highest BCUT2D eigenvalue weighted by molar-refractivity contribution is 7.16. The molecule has 4 nitrogen and oxygen atoms in total. The Kier molecular flexibility index (Phi) is 3.42. The Labute approximate surface area is 99.9 Å². The lowest BCUT2D eigenvalue weighted by Gasteiger charge is -2.28. The third-order valence-electron chi connectivity index (χ3n) is 2.98. The highest BCUT2D eigenvalue weighted by atomic mass is 32.1. The van der Waals surface area contributed by atoms with Gasteiger partial charge in [-0.25, -0.2) is 4.98 Å². The van der Waals surface area contributed by atoms with Gasteiger partial charge in [-0.2, -0.15) is 5.26 Å². The molecule has 0 aromatic carbocycles. The Balaban J connectivity index is 2.25. The number of likely N-dealkylation sites (N-methyl/N-ethyl adjacent to an activating group) is 1. The summed E-state index contributed by atoms with van der Waals surface area (Å²) in [6.07, 6.45) is 2.34. The zero-order valence-electron chi connectivity index (χ0n) is 9.66. The molecule has 0 radical (unpaired) electrons. The number of nitrogens with one attached hydrogen (secondary N) is 1. The van der Waals surface area contributed by atoms with Crippen LogP contribution in [-0.2, 0) is 0 Å². The monoisotopic (exact) mass is 236 g/mol. The van der Waals surface area contributed by atoms with Crippen LogP contribution < -0.4 is 5.32 Å². The van der Waals surface area contributed by atoms with Gasteiger partial charge in [0.1, 0.15) is 10.9 Å². The minimum absolute atomic E-state index is 0.423. The fourth-order valence-electron chi connectivity index (χ4n) is 2.19. The van der Waals surface area contributed by atoms with E-state index in [2.05, 4.69) is 28.3 Å². The smallest absolute Gasteiger partial charge is 0.183 e. The number of anilines is 1. The molecule has 1 aliphatic heterocycles. The van der Waals surface area contributed by atoms with Crippen LogP contribution in [0.5, 0.6) is 0 Å². The van der Waals surface area contributed by atoms with E-state index in [9.17, 15) is 0 Å². The van der Waals surface area contributed by atoms with Gasteiger partial charge in [-0.05, 0) is 26.4 Å². The van der Waals surface area contributed by atoms with Gasteiger partial charge in [0, 0.05) is 19.5 Å². The first kappa shape index (κ1) is 11.4. The van der Waals surface area contributed by atoms with Crippen molar-refractivity contribution in [3.8, 4) is 6.07 Å². The van der Waals surface area contributed by atoms with Crippen LogP contribution in [0.1, 0.15) is 29.3 Å². The van der Waals surface area contributed by atoms with Crippen molar-refractivity contribution >= 4 is 16.5 Å². The number of piperidine rings is 1. The van der Waals surface area contributed by atoms with E-state index in [1.165, 1.54) is 17.8 Å². The minimum atomic E-state index is 0.423. The van der Waals surface area contributed by atoms with Crippen molar-refractivity contribution in [1.29, 1.82) is 5.26 Å². The molecule has 2 heterocycles. The molecule has 0 saturated carbocycles. The lowest BCUT2D eigenvalue weighted by molar-refractivity contribution is 0.249. The molecule has 5 heteroatoms. The number of likely N-dealkylation sites (tertiary alicyclic amines) is 1. The molecule has 16 heavy (non-hydrogen) atoms. The van der Waals surface area contributed by atoms with E-state index in [-0.39, 0.29) is 0 Å². The van der Waals surface area contributed by atoms with Gasteiger partial charge in [-0.15, -0.1) is 0 Å².